The molecule has 7 heteroatoms. The summed E-state index contributed by atoms with van der Waals surface area (Å²) in [6.07, 6.45) is 1.62. The molecule has 4 rings (SSSR count). The third-order valence-electron chi connectivity index (χ3n) is 4.71. The van der Waals surface area contributed by atoms with E-state index in [1.165, 1.54) is 23.3 Å². The van der Waals surface area contributed by atoms with E-state index >= 15 is 0 Å². The number of aromatic amines is 1. The second-order valence-corrected chi connectivity index (χ2v) is 7.15. The van der Waals surface area contributed by atoms with Crippen LogP contribution < -0.4 is 16.0 Å². The summed E-state index contributed by atoms with van der Waals surface area (Å²) < 4.78 is 14.2. The van der Waals surface area contributed by atoms with Gasteiger partial charge in [-0.3, -0.25) is 9.89 Å². The summed E-state index contributed by atoms with van der Waals surface area (Å²) in [7, 11) is 0. The Hall–Kier alpha value is -2.93. The van der Waals surface area contributed by atoms with E-state index in [1.807, 2.05) is 32.0 Å². The molecule has 27 heavy (non-hydrogen) atoms. The molecule has 0 saturated carbocycles. The molecule has 3 aromatic rings. The number of aromatic nitrogens is 2. The first-order chi connectivity index (χ1) is 13.0. The summed E-state index contributed by atoms with van der Waals surface area (Å²) in [4.78, 5) is 12.9. The number of anilines is 1. The van der Waals surface area contributed by atoms with Crippen molar-refractivity contribution in [2.45, 2.75) is 39.0 Å². The lowest BCUT2D eigenvalue weighted by molar-refractivity contribution is -0.122. The Bertz CT molecular complexity index is 997. The number of hydrogen-bond acceptors (Lipinski definition) is 4. The highest BCUT2D eigenvalue weighted by atomic mass is 19.1. The summed E-state index contributed by atoms with van der Waals surface area (Å²) in [6.45, 7) is 5.45. The van der Waals surface area contributed by atoms with Crippen LogP contribution in [0.15, 0.2) is 36.5 Å². The normalized spacial score (nSPS) is 14.4. The van der Waals surface area contributed by atoms with Crippen LogP contribution in [0, 0.1) is 5.82 Å². The summed E-state index contributed by atoms with van der Waals surface area (Å²) >= 11 is 0. The first-order valence-corrected chi connectivity index (χ1v) is 9.03. The van der Waals surface area contributed by atoms with E-state index in [1.54, 1.807) is 6.20 Å². The smallest absolute Gasteiger partial charge is 0.247 e. The Morgan fingerprint density at radius 3 is 2.81 bits per heavy atom. The lowest BCUT2D eigenvalue weighted by Gasteiger charge is -2.22. The van der Waals surface area contributed by atoms with Crippen LogP contribution in [-0.2, 0) is 17.9 Å². The highest BCUT2D eigenvalue weighted by Crippen LogP contribution is 2.29. The minimum atomic E-state index is -0.740. The van der Waals surface area contributed by atoms with Crippen molar-refractivity contribution in [2.75, 3.05) is 5.32 Å². The van der Waals surface area contributed by atoms with Crippen molar-refractivity contribution in [3.05, 3.63) is 59.0 Å². The van der Waals surface area contributed by atoms with Crippen molar-refractivity contribution < 1.29 is 9.18 Å². The Morgan fingerprint density at radius 2 is 2.00 bits per heavy atom. The molecule has 1 atom stereocenters. The van der Waals surface area contributed by atoms with Crippen LogP contribution in [0.4, 0.5) is 10.1 Å². The number of fused-ring (bicyclic) bond motifs is 2. The third kappa shape index (κ3) is 3.50. The molecule has 6 nitrogen and oxygen atoms in total. The molecule has 0 fully saturated rings. The van der Waals surface area contributed by atoms with Crippen LogP contribution in [0.2, 0.25) is 0 Å². The van der Waals surface area contributed by atoms with E-state index in [-0.39, 0.29) is 11.9 Å². The largest absolute Gasteiger partial charge is 0.370 e. The van der Waals surface area contributed by atoms with E-state index < -0.39 is 11.9 Å². The van der Waals surface area contributed by atoms with Crippen LogP contribution in [-0.4, -0.2) is 22.1 Å². The van der Waals surface area contributed by atoms with Gasteiger partial charge >= 0.3 is 0 Å². The molecule has 1 amide bonds. The number of rotatable bonds is 5. The molecule has 2 heterocycles. The first kappa shape index (κ1) is 17.5. The van der Waals surface area contributed by atoms with Crippen LogP contribution in [0.1, 0.15) is 36.6 Å². The number of carbonyl (C=O) groups excluding carboxylic acids is 1. The highest BCUT2D eigenvalue weighted by Gasteiger charge is 2.25. The van der Waals surface area contributed by atoms with Gasteiger partial charge < -0.3 is 16.0 Å². The SMILES string of the molecule is CC(C)NC(=O)[C@H](Nc1ccc2c(c1)CNC2)c1cc(F)cc2[nH]ncc12. The lowest BCUT2D eigenvalue weighted by atomic mass is 10.0. The van der Waals surface area contributed by atoms with Crippen molar-refractivity contribution in [2.24, 2.45) is 0 Å². The summed E-state index contributed by atoms with van der Waals surface area (Å²) in [5, 5.41) is 17.0. The Kier molecular flexibility index (Phi) is 4.53. The van der Waals surface area contributed by atoms with Gasteiger partial charge in [-0.25, -0.2) is 4.39 Å². The zero-order valence-electron chi connectivity index (χ0n) is 15.3. The van der Waals surface area contributed by atoms with Crippen LogP contribution in [0.5, 0.6) is 0 Å². The molecule has 4 N–H and O–H groups in total. The van der Waals surface area contributed by atoms with Crippen molar-refractivity contribution in [3.63, 3.8) is 0 Å². The molecule has 140 valence electrons. The molecular weight excluding hydrogens is 345 g/mol. The fraction of sp³-hybridized carbons (Fsp3) is 0.300. The standard InChI is InChI=1S/C20H22FN5O/c1-11(2)24-20(27)19(16-6-14(21)7-18-17(16)10-23-26-18)25-15-4-3-12-8-22-9-13(12)5-15/h3-7,10-11,19,22,25H,8-9H2,1-2H3,(H,23,26)(H,24,27)/t19-/m1/s1. The lowest BCUT2D eigenvalue weighted by Crippen LogP contribution is -2.37. The van der Waals surface area contributed by atoms with Crippen molar-refractivity contribution in [1.82, 2.24) is 20.8 Å². The Balaban J connectivity index is 1.74. The predicted octanol–water partition coefficient (Wildman–Crippen LogP) is 2.98. The molecule has 0 aliphatic carbocycles. The van der Waals surface area contributed by atoms with E-state index in [2.05, 4.69) is 26.1 Å². The molecular formula is C20H22FN5O. The second kappa shape index (κ2) is 7.00. The summed E-state index contributed by atoms with van der Waals surface area (Å²) in [5.74, 6) is -0.624. The molecule has 0 radical (unpaired) electrons. The Morgan fingerprint density at radius 1 is 1.19 bits per heavy atom. The fourth-order valence-corrected chi connectivity index (χ4v) is 3.48. The predicted molar refractivity (Wildman–Crippen MR) is 103 cm³/mol. The monoisotopic (exact) mass is 367 g/mol. The molecule has 1 aliphatic rings. The number of carbonyl (C=O) groups is 1. The minimum absolute atomic E-state index is 0.0283. The number of nitrogens with zero attached hydrogens (tertiary/aromatic N) is 1. The maximum absolute atomic E-state index is 14.2. The molecule has 0 saturated heterocycles. The molecule has 1 aromatic heterocycles. The van der Waals surface area contributed by atoms with Gasteiger partial charge in [0.2, 0.25) is 5.91 Å². The number of hydrogen-bond donors (Lipinski definition) is 4. The van der Waals surface area contributed by atoms with Gasteiger partial charge in [0.05, 0.1) is 11.7 Å². The van der Waals surface area contributed by atoms with E-state index in [4.69, 9.17) is 0 Å². The molecule has 0 bridgehead atoms. The minimum Gasteiger partial charge on any atom is -0.370 e. The van der Waals surface area contributed by atoms with Gasteiger partial charge in [-0.1, -0.05) is 6.07 Å². The number of H-pyrrole nitrogens is 1. The molecule has 1 aliphatic heterocycles. The summed E-state index contributed by atoms with van der Waals surface area (Å²) in [6, 6.07) is 8.04. The zero-order valence-corrected chi connectivity index (χ0v) is 15.3. The topological polar surface area (TPSA) is 81.8 Å². The summed E-state index contributed by atoms with van der Waals surface area (Å²) in [5.41, 5.74) is 4.40. The average Bonchev–Trinajstić information content (AvgIpc) is 3.26. The van der Waals surface area contributed by atoms with Gasteiger partial charge in [0.1, 0.15) is 11.9 Å². The molecule has 2 aromatic carbocycles. The van der Waals surface area contributed by atoms with Crippen LogP contribution >= 0.6 is 0 Å². The quantitative estimate of drug-likeness (QED) is 0.559. The zero-order chi connectivity index (χ0) is 19.0. The third-order valence-corrected chi connectivity index (χ3v) is 4.71. The highest BCUT2D eigenvalue weighted by molar-refractivity contribution is 5.93. The first-order valence-electron chi connectivity index (χ1n) is 9.03. The van der Waals surface area contributed by atoms with Crippen molar-refractivity contribution in [1.29, 1.82) is 0 Å². The van der Waals surface area contributed by atoms with Gasteiger partial charge in [0.25, 0.3) is 0 Å². The fourth-order valence-electron chi connectivity index (χ4n) is 3.48. The van der Waals surface area contributed by atoms with Crippen LogP contribution in [0.25, 0.3) is 10.9 Å². The van der Waals surface area contributed by atoms with Gasteiger partial charge in [0, 0.05) is 30.2 Å². The van der Waals surface area contributed by atoms with Gasteiger partial charge in [-0.05, 0) is 54.8 Å². The molecule has 0 spiro atoms. The number of amides is 1. The number of benzene rings is 2. The number of halogens is 1. The van der Waals surface area contributed by atoms with Gasteiger partial charge in [0.15, 0.2) is 0 Å². The van der Waals surface area contributed by atoms with Crippen molar-refractivity contribution >= 4 is 22.5 Å². The average molecular weight is 367 g/mol. The van der Waals surface area contributed by atoms with Gasteiger partial charge in [-0.2, -0.15) is 5.10 Å². The van der Waals surface area contributed by atoms with Crippen molar-refractivity contribution in [3.8, 4) is 0 Å². The van der Waals surface area contributed by atoms with E-state index in [0.29, 0.717) is 11.1 Å². The van der Waals surface area contributed by atoms with Crippen LogP contribution in [0.3, 0.4) is 0 Å². The van der Waals surface area contributed by atoms with E-state index in [0.717, 1.165) is 24.2 Å². The molecule has 0 unspecified atom stereocenters. The number of nitrogens with one attached hydrogen (secondary N) is 4. The second-order valence-electron chi connectivity index (χ2n) is 7.15. The van der Waals surface area contributed by atoms with E-state index in [9.17, 15) is 9.18 Å². The maximum Gasteiger partial charge on any atom is 0.247 e. The maximum atomic E-state index is 14.2. The van der Waals surface area contributed by atoms with Gasteiger partial charge in [-0.15, -0.1) is 0 Å². The Labute approximate surface area is 156 Å².